The number of thiol groups is 2. The summed E-state index contributed by atoms with van der Waals surface area (Å²) in [6.45, 7) is 0.118. The summed E-state index contributed by atoms with van der Waals surface area (Å²) in [4.78, 5) is 4.59. The first-order valence-electron chi connectivity index (χ1n) is 2.71. The van der Waals surface area contributed by atoms with Crippen molar-refractivity contribution < 1.29 is 5.11 Å². The number of rotatable bonds is 2. The van der Waals surface area contributed by atoms with Crippen LogP contribution < -0.4 is 0 Å². The zero-order valence-corrected chi connectivity index (χ0v) is 10.5. The minimum atomic E-state index is 0.0494. The summed E-state index contributed by atoms with van der Waals surface area (Å²) in [5, 5.41) is 8.26. The van der Waals surface area contributed by atoms with Gasteiger partial charge in [-0.05, 0) is 0 Å². The van der Waals surface area contributed by atoms with Crippen molar-refractivity contribution in [3.8, 4) is 0 Å². The Labute approximate surface area is 78.7 Å². The quantitative estimate of drug-likeness (QED) is 0.506. The van der Waals surface area contributed by atoms with Crippen LogP contribution in [0.4, 0.5) is 0 Å². The van der Waals surface area contributed by atoms with Crippen LogP contribution in [0.1, 0.15) is 0 Å². The summed E-state index contributed by atoms with van der Waals surface area (Å²) in [6.07, 6.45) is 0. The van der Waals surface area contributed by atoms with Gasteiger partial charge in [-0.15, -0.1) is 0 Å². The number of hydrogen-bond acceptors (Lipinski definition) is 3. The molecule has 0 aromatic carbocycles. The molecule has 4 heteroatoms. The van der Waals surface area contributed by atoms with Gasteiger partial charge in [0, 0.05) is 11.0 Å². The third-order valence-corrected chi connectivity index (χ3v) is 1.50. The second-order valence-corrected chi connectivity index (χ2v) is 5.47. The fraction of sp³-hybridized carbons (Fsp3) is 1.00. The monoisotopic (exact) mass is 274 g/mol. The fourth-order valence-electron chi connectivity index (χ4n) is 0.0577. The van der Waals surface area contributed by atoms with E-state index >= 15 is 0 Å². The van der Waals surface area contributed by atoms with E-state index in [-0.39, 0.29) is 33.0 Å². The molecule has 0 amide bonds. The van der Waals surface area contributed by atoms with Gasteiger partial charge in [0.15, 0.2) is 0 Å². The Morgan fingerprint density at radius 1 is 1.56 bits per heavy atom. The van der Waals surface area contributed by atoms with Crippen LogP contribution in [-0.4, -0.2) is 43.9 Å². The van der Waals surface area contributed by atoms with Crippen molar-refractivity contribution in [3.05, 3.63) is 0 Å². The molecule has 0 aromatic rings. The third kappa shape index (κ3) is 17.7. The summed E-state index contributed by atoms with van der Waals surface area (Å²) in [5.74, 6) is 0.639. The predicted octanol–water partition coefficient (Wildman–Crippen LogP) is 0.994. The van der Waals surface area contributed by atoms with Gasteiger partial charge in [0.1, 0.15) is 0 Å². The van der Waals surface area contributed by atoms with Gasteiger partial charge in [0.05, 0.1) is 6.61 Å². The van der Waals surface area contributed by atoms with Gasteiger partial charge >= 0.3 is 31.0 Å². The second kappa shape index (κ2) is 12.2. The van der Waals surface area contributed by atoms with E-state index in [9.17, 15) is 0 Å². The van der Waals surface area contributed by atoms with Crippen molar-refractivity contribution in [1.82, 2.24) is 0 Å². The molecule has 1 N–H and O–H groups in total. The van der Waals surface area contributed by atoms with Crippen LogP contribution in [0, 0.1) is 0 Å². The van der Waals surface area contributed by atoms with Gasteiger partial charge in [-0.3, -0.25) is 0 Å². The molecule has 0 bridgehead atoms. The molecule has 0 aromatic heterocycles. The van der Waals surface area contributed by atoms with Crippen LogP contribution in [0.3, 0.4) is 0 Å². The Morgan fingerprint density at radius 2 is 1.89 bits per heavy atom. The zero-order chi connectivity index (χ0) is 7.70. The number of aliphatic hydroxyl groups excluding tert-OH is 1. The summed E-state index contributed by atoms with van der Waals surface area (Å²) >= 11 is 7.99. The zero-order valence-electron chi connectivity index (χ0n) is 5.83. The number of aliphatic hydroxyl groups is 1. The summed E-state index contributed by atoms with van der Waals surface area (Å²) in [6, 6.07) is 0. The third-order valence-electron chi connectivity index (χ3n) is 0.421. The van der Waals surface area contributed by atoms with Crippen molar-refractivity contribution >= 4 is 46.4 Å². The van der Waals surface area contributed by atoms with Gasteiger partial charge in [-0.2, -0.15) is 25.3 Å². The topological polar surface area (TPSA) is 20.2 Å². The van der Waals surface area contributed by atoms with Crippen LogP contribution in [0.15, 0.2) is 0 Å². The SMILES string of the molecule is OCC(S)CS.[CH3][Sn][CH3]. The molecule has 0 aliphatic heterocycles. The molecule has 0 saturated heterocycles. The molecule has 56 valence electrons. The standard InChI is InChI=1S/C3H8OS2.2CH3.Sn/c4-1-3(6)2-5;;;/h3-6H,1-2H2;2*1H3;. The van der Waals surface area contributed by atoms with Crippen molar-refractivity contribution in [2.45, 2.75) is 15.1 Å². The minimum absolute atomic E-state index is 0.0494. The molecule has 1 unspecified atom stereocenters. The van der Waals surface area contributed by atoms with Crippen molar-refractivity contribution in [3.63, 3.8) is 0 Å². The van der Waals surface area contributed by atoms with E-state index in [4.69, 9.17) is 5.11 Å². The van der Waals surface area contributed by atoms with E-state index in [0.29, 0.717) is 5.75 Å². The molecule has 0 saturated carbocycles. The van der Waals surface area contributed by atoms with Gasteiger partial charge in [-0.1, -0.05) is 0 Å². The molecule has 0 heterocycles. The van der Waals surface area contributed by atoms with E-state index in [1.165, 1.54) is 0 Å². The van der Waals surface area contributed by atoms with Gasteiger partial charge in [-0.25, -0.2) is 0 Å². The average Bonchev–Trinajstić information content (AvgIpc) is 1.88. The van der Waals surface area contributed by atoms with E-state index < -0.39 is 0 Å². The van der Waals surface area contributed by atoms with E-state index in [1.54, 1.807) is 0 Å². The Hall–Kier alpha value is 1.46. The van der Waals surface area contributed by atoms with Crippen LogP contribution in [0.2, 0.25) is 9.88 Å². The van der Waals surface area contributed by atoms with Crippen LogP contribution in [0.25, 0.3) is 0 Å². The molecule has 0 spiro atoms. The molecule has 0 aliphatic carbocycles. The first-order valence-corrected chi connectivity index (χ1v) is 9.56. The van der Waals surface area contributed by atoms with E-state index in [0.717, 1.165) is 0 Å². The van der Waals surface area contributed by atoms with Crippen LogP contribution in [-0.2, 0) is 0 Å². The first kappa shape index (κ1) is 13.1. The van der Waals surface area contributed by atoms with Gasteiger partial charge in [0.25, 0.3) is 0 Å². The maximum absolute atomic E-state index is 8.21. The molecule has 1 atom stereocenters. The first-order chi connectivity index (χ1) is 4.22. The maximum atomic E-state index is 8.21. The van der Waals surface area contributed by atoms with Gasteiger partial charge in [0.2, 0.25) is 0 Å². The molecular formula is C5H14OS2Sn. The number of hydrogen-bond donors (Lipinski definition) is 3. The van der Waals surface area contributed by atoms with Crippen LogP contribution >= 0.6 is 25.3 Å². The van der Waals surface area contributed by atoms with Crippen molar-refractivity contribution in [2.24, 2.45) is 0 Å². The molecule has 0 rings (SSSR count). The molecule has 2 radical (unpaired) electrons. The average molecular weight is 273 g/mol. The summed E-state index contributed by atoms with van der Waals surface area (Å²) < 4.78 is 0. The second-order valence-electron chi connectivity index (χ2n) is 1.52. The van der Waals surface area contributed by atoms with Crippen molar-refractivity contribution in [2.75, 3.05) is 12.4 Å². The molecule has 1 nitrogen and oxygen atoms in total. The Balaban J connectivity index is 0. The fourth-order valence-corrected chi connectivity index (χ4v) is 0.173. The van der Waals surface area contributed by atoms with Crippen LogP contribution in [0.5, 0.6) is 0 Å². The van der Waals surface area contributed by atoms with Gasteiger partial charge < -0.3 is 5.11 Å². The molecule has 0 aliphatic rings. The summed E-state index contributed by atoms with van der Waals surface area (Å²) in [5.41, 5.74) is 0. The summed E-state index contributed by atoms with van der Waals surface area (Å²) in [7, 11) is 0. The predicted molar refractivity (Wildman–Crippen MR) is 51.2 cm³/mol. The Kier molecular flexibility index (Phi) is 17.7. The normalized spacial score (nSPS) is 11.7. The Bertz CT molecular complexity index is 41.9. The van der Waals surface area contributed by atoms with E-state index in [1.807, 2.05) is 0 Å². The molecular weight excluding hydrogens is 259 g/mol. The Morgan fingerprint density at radius 3 is 1.89 bits per heavy atom. The van der Waals surface area contributed by atoms with E-state index in [2.05, 4.69) is 35.1 Å². The molecule has 9 heavy (non-hydrogen) atoms. The molecule has 0 fully saturated rings. The van der Waals surface area contributed by atoms with Crippen molar-refractivity contribution in [1.29, 1.82) is 0 Å².